The molecule has 4 rings (SSSR count). The summed E-state index contributed by atoms with van der Waals surface area (Å²) in [6.07, 6.45) is 2.54. The summed E-state index contributed by atoms with van der Waals surface area (Å²) in [7, 11) is 0. The Kier molecular flexibility index (Phi) is 5.48. The van der Waals surface area contributed by atoms with Crippen molar-refractivity contribution in [2.75, 3.05) is 0 Å². The standard InChI is InChI=1S/C24H20N4O2/c1-2-17-12-14-18(15-13-17)16-25-26-23(29)22-20-10-6-7-11-21(20)24(30)28(27-22)19-8-4-3-5-9-19/h3-16H,2H2,1H3,(H,26,29)/b25-16-. The summed E-state index contributed by atoms with van der Waals surface area (Å²) >= 11 is 0. The molecule has 0 atom stereocenters. The van der Waals surface area contributed by atoms with E-state index in [4.69, 9.17) is 0 Å². The van der Waals surface area contributed by atoms with Crippen LogP contribution in [0.5, 0.6) is 0 Å². The normalized spacial score (nSPS) is 11.1. The highest BCUT2D eigenvalue weighted by Gasteiger charge is 2.17. The molecule has 0 unspecified atom stereocenters. The minimum atomic E-state index is -0.489. The number of hydrogen-bond acceptors (Lipinski definition) is 4. The first-order valence-corrected chi connectivity index (χ1v) is 9.67. The van der Waals surface area contributed by atoms with E-state index < -0.39 is 5.91 Å². The molecule has 0 radical (unpaired) electrons. The summed E-state index contributed by atoms with van der Waals surface area (Å²) in [6, 6.07) is 23.9. The minimum absolute atomic E-state index is 0.132. The number of nitrogens with zero attached hydrogens (tertiary/aromatic N) is 3. The third-order valence-corrected chi connectivity index (χ3v) is 4.79. The number of benzene rings is 3. The molecule has 3 aromatic carbocycles. The summed E-state index contributed by atoms with van der Waals surface area (Å²) in [5.74, 6) is -0.489. The van der Waals surface area contributed by atoms with Gasteiger partial charge in [0.1, 0.15) is 0 Å². The van der Waals surface area contributed by atoms with Crippen LogP contribution in [0.15, 0.2) is 88.8 Å². The molecule has 6 heteroatoms. The highest BCUT2D eigenvalue weighted by atomic mass is 16.2. The highest BCUT2D eigenvalue weighted by molar-refractivity contribution is 6.05. The van der Waals surface area contributed by atoms with E-state index >= 15 is 0 Å². The molecule has 1 N–H and O–H groups in total. The summed E-state index contributed by atoms with van der Waals surface area (Å²) in [4.78, 5) is 25.7. The average Bonchev–Trinajstić information content (AvgIpc) is 2.80. The number of carbonyl (C=O) groups is 1. The number of nitrogens with one attached hydrogen (secondary N) is 1. The van der Waals surface area contributed by atoms with Gasteiger partial charge in [-0.25, -0.2) is 5.43 Å². The Bertz CT molecular complexity index is 1280. The van der Waals surface area contributed by atoms with Crippen LogP contribution >= 0.6 is 0 Å². The van der Waals surface area contributed by atoms with Crippen molar-refractivity contribution in [3.63, 3.8) is 0 Å². The SMILES string of the molecule is CCc1ccc(/C=N\NC(=O)c2nn(-c3ccccc3)c(=O)c3ccccc23)cc1. The van der Waals surface area contributed by atoms with Gasteiger partial charge in [0, 0.05) is 5.39 Å². The van der Waals surface area contributed by atoms with Gasteiger partial charge in [0.05, 0.1) is 17.3 Å². The summed E-state index contributed by atoms with van der Waals surface area (Å²) in [5, 5.41) is 9.29. The van der Waals surface area contributed by atoms with Crippen molar-refractivity contribution < 1.29 is 4.79 Å². The summed E-state index contributed by atoms with van der Waals surface area (Å²) in [5.41, 5.74) is 5.06. The van der Waals surface area contributed by atoms with Crippen LogP contribution in [0.25, 0.3) is 16.5 Å². The maximum Gasteiger partial charge on any atom is 0.292 e. The molecule has 0 aliphatic rings. The van der Waals surface area contributed by atoms with Gasteiger partial charge >= 0.3 is 0 Å². The van der Waals surface area contributed by atoms with E-state index in [1.165, 1.54) is 10.2 Å². The Balaban J connectivity index is 1.68. The molecule has 30 heavy (non-hydrogen) atoms. The summed E-state index contributed by atoms with van der Waals surface area (Å²) < 4.78 is 1.24. The zero-order chi connectivity index (χ0) is 20.9. The largest absolute Gasteiger partial charge is 0.292 e. The van der Waals surface area contributed by atoms with Crippen LogP contribution in [0.1, 0.15) is 28.5 Å². The van der Waals surface area contributed by atoms with Gasteiger partial charge in [0.25, 0.3) is 11.5 Å². The monoisotopic (exact) mass is 396 g/mol. The van der Waals surface area contributed by atoms with Crippen LogP contribution in [0.3, 0.4) is 0 Å². The Morgan fingerprint density at radius 2 is 1.63 bits per heavy atom. The van der Waals surface area contributed by atoms with E-state index in [1.807, 2.05) is 42.5 Å². The Hall–Kier alpha value is -4.06. The third-order valence-electron chi connectivity index (χ3n) is 4.79. The van der Waals surface area contributed by atoms with E-state index in [9.17, 15) is 9.59 Å². The third kappa shape index (κ3) is 3.89. The smallest absolute Gasteiger partial charge is 0.267 e. The van der Waals surface area contributed by atoms with Gasteiger partial charge < -0.3 is 0 Å². The lowest BCUT2D eigenvalue weighted by molar-refractivity contribution is 0.0950. The van der Waals surface area contributed by atoms with Gasteiger partial charge in [0.15, 0.2) is 5.69 Å². The molecule has 0 fully saturated rings. The maximum atomic E-state index is 12.9. The van der Waals surface area contributed by atoms with E-state index in [1.54, 1.807) is 42.6 Å². The van der Waals surface area contributed by atoms with Crippen molar-refractivity contribution in [1.29, 1.82) is 0 Å². The van der Waals surface area contributed by atoms with Crippen molar-refractivity contribution in [3.05, 3.63) is 106 Å². The molecular weight excluding hydrogens is 376 g/mol. The van der Waals surface area contributed by atoms with Gasteiger partial charge in [-0.1, -0.05) is 67.6 Å². The molecule has 0 bridgehead atoms. The fourth-order valence-corrected chi connectivity index (χ4v) is 3.16. The van der Waals surface area contributed by atoms with Gasteiger partial charge in [0.2, 0.25) is 0 Å². The Morgan fingerprint density at radius 1 is 0.967 bits per heavy atom. The lowest BCUT2D eigenvalue weighted by Crippen LogP contribution is -2.28. The molecular formula is C24H20N4O2. The second-order valence-electron chi connectivity index (χ2n) is 6.74. The van der Waals surface area contributed by atoms with Crippen molar-refractivity contribution in [2.45, 2.75) is 13.3 Å². The van der Waals surface area contributed by atoms with Crippen molar-refractivity contribution in [3.8, 4) is 5.69 Å². The van der Waals surface area contributed by atoms with E-state index in [-0.39, 0.29) is 11.3 Å². The van der Waals surface area contributed by atoms with Gasteiger partial charge in [-0.2, -0.15) is 14.9 Å². The van der Waals surface area contributed by atoms with Crippen molar-refractivity contribution in [2.24, 2.45) is 5.10 Å². The predicted octanol–water partition coefficient (Wildman–Crippen LogP) is 3.71. The van der Waals surface area contributed by atoms with E-state index in [2.05, 4.69) is 22.5 Å². The number of fused-ring (bicyclic) bond motifs is 1. The number of carbonyl (C=O) groups excluding carboxylic acids is 1. The molecule has 4 aromatic rings. The van der Waals surface area contributed by atoms with Crippen LogP contribution < -0.4 is 11.0 Å². The van der Waals surface area contributed by atoms with Crippen LogP contribution in [0.4, 0.5) is 0 Å². The first-order valence-electron chi connectivity index (χ1n) is 9.67. The molecule has 1 amide bonds. The zero-order valence-electron chi connectivity index (χ0n) is 16.4. The average molecular weight is 396 g/mol. The minimum Gasteiger partial charge on any atom is -0.267 e. The molecule has 148 valence electrons. The van der Waals surface area contributed by atoms with E-state index in [0.717, 1.165) is 12.0 Å². The topological polar surface area (TPSA) is 76.3 Å². The van der Waals surface area contributed by atoms with Gasteiger partial charge in [-0.3, -0.25) is 9.59 Å². The highest BCUT2D eigenvalue weighted by Crippen LogP contribution is 2.15. The molecule has 6 nitrogen and oxygen atoms in total. The maximum absolute atomic E-state index is 12.9. The molecule has 0 spiro atoms. The Morgan fingerprint density at radius 3 is 2.33 bits per heavy atom. The van der Waals surface area contributed by atoms with Crippen LogP contribution in [-0.4, -0.2) is 21.9 Å². The lowest BCUT2D eigenvalue weighted by atomic mass is 10.1. The fourth-order valence-electron chi connectivity index (χ4n) is 3.16. The lowest BCUT2D eigenvalue weighted by Gasteiger charge is -2.10. The Labute approximate surface area is 173 Å². The van der Waals surface area contributed by atoms with Crippen LogP contribution in [-0.2, 0) is 6.42 Å². The van der Waals surface area contributed by atoms with Gasteiger partial charge in [-0.05, 0) is 35.7 Å². The van der Waals surface area contributed by atoms with E-state index in [0.29, 0.717) is 16.5 Å². The van der Waals surface area contributed by atoms with Crippen molar-refractivity contribution in [1.82, 2.24) is 15.2 Å². The zero-order valence-corrected chi connectivity index (χ0v) is 16.4. The first-order chi connectivity index (χ1) is 14.7. The number of hydrogen-bond donors (Lipinski definition) is 1. The number of rotatable bonds is 5. The van der Waals surface area contributed by atoms with Gasteiger partial charge in [-0.15, -0.1) is 0 Å². The molecule has 0 aliphatic carbocycles. The van der Waals surface area contributed by atoms with Crippen LogP contribution in [0.2, 0.25) is 0 Å². The van der Waals surface area contributed by atoms with Crippen molar-refractivity contribution >= 4 is 22.9 Å². The number of aryl methyl sites for hydroxylation is 1. The number of amides is 1. The predicted molar refractivity (Wildman–Crippen MR) is 118 cm³/mol. The number of para-hydroxylation sites is 1. The molecule has 0 aliphatic heterocycles. The molecule has 1 aromatic heterocycles. The fraction of sp³-hybridized carbons (Fsp3) is 0.0833. The molecule has 0 saturated heterocycles. The second-order valence-corrected chi connectivity index (χ2v) is 6.74. The first kappa shape index (κ1) is 19.3. The second kappa shape index (κ2) is 8.53. The molecule has 0 saturated carbocycles. The number of hydrazone groups is 1. The van der Waals surface area contributed by atoms with Crippen LogP contribution in [0, 0.1) is 0 Å². The number of aromatic nitrogens is 2. The quantitative estimate of drug-likeness (QED) is 0.413. The molecule has 1 heterocycles. The summed E-state index contributed by atoms with van der Waals surface area (Å²) in [6.45, 7) is 2.09.